The molecule has 1 amide bonds. The molecule has 0 unspecified atom stereocenters. The number of sulfonamides is 1. The third-order valence-electron chi connectivity index (χ3n) is 4.59. The van der Waals surface area contributed by atoms with Crippen LogP contribution in [0.4, 0.5) is 11.4 Å². The van der Waals surface area contributed by atoms with Crippen LogP contribution in [0, 0.1) is 0 Å². The number of carbonyl (C=O) groups is 1. The predicted octanol–water partition coefficient (Wildman–Crippen LogP) is 1.86. The van der Waals surface area contributed by atoms with Crippen molar-refractivity contribution in [3.8, 4) is 5.75 Å². The molecule has 2 aromatic rings. The first-order chi connectivity index (χ1) is 13.4. The van der Waals surface area contributed by atoms with Crippen LogP contribution in [0.25, 0.3) is 0 Å². The third-order valence-corrected chi connectivity index (χ3v) is 5.74. The molecule has 1 atom stereocenters. The van der Waals surface area contributed by atoms with Gasteiger partial charge in [0.2, 0.25) is 10.0 Å². The van der Waals surface area contributed by atoms with E-state index in [0.717, 1.165) is 24.9 Å². The van der Waals surface area contributed by atoms with Gasteiger partial charge in [-0.25, -0.2) is 8.42 Å². The van der Waals surface area contributed by atoms with Crippen LogP contribution >= 0.6 is 0 Å². The maximum absolute atomic E-state index is 12.5. The Balaban J connectivity index is 1.55. The highest BCUT2D eigenvalue weighted by molar-refractivity contribution is 7.92. The number of ether oxygens (including phenoxy) is 1. The van der Waals surface area contributed by atoms with Crippen LogP contribution in [0.2, 0.25) is 0 Å². The van der Waals surface area contributed by atoms with Crippen molar-refractivity contribution < 1.29 is 17.9 Å². The Hall–Kier alpha value is -2.74. The van der Waals surface area contributed by atoms with Crippen molar-refractivity contribution >= 4 is 27.3 Å². The van der Waals surface area contributed by atoms with Gasteiger partial charge in [-0.15, -0.1) is 0 Å². The summed E-state index contributed by atoms with van der Waals surface area (Å²) in [6, 6.07) is 16.8. The summed E-state index contributed by atoms with van der Waals surface area (Å²) in [5.41, 5.74) is 1.57. The van der Waals surface area contributed by atoms with Gasteiger partial charge >= 0.3 is 0 Å². The minimum atomic E-state index is -3.51. The van der Waals surface area contributed by atoms with Gasteiger partial charge in [0.15, 0.2) is 6.10 Å². The van der Waals surface area contributed by atoms with E-state index in [1.807, 2.05) is 37.4 Å². The molecule has 3 rings (SSSR count). The number of benzene rings is 2. The summed E-state index contributed by atoms with van der Waals surface area (Å²) in [4.78, 5) is 14.6. The van der Waals surface area contributed by atoms with Crippen molar-refractivity contribution in [2.45, 2.75) is 12.5 Å². The number of nitrogens with one attached hydrogen (secondary N) is 1. The van der Waals surface area contributed by atoms with Gasteiger partial charge in [0, 0.05) is 25.8 Å². The number of para-hydroxylation sites is 3. The minimum absolute atomic E-state index is 0.0361. The number of rotatable bonds is 7. The summed E-state index contributed by atoms with van der Waals surface area (Å²) in [7, 11) is -1.50. The maximum Gasteiger partial charge on any atom is 0.263 e. The van der Waals surface area contributed by atoms with E-state index in [-0.39, 0.29) is 12.5 Å². The summed E-state index contributed by atoms with van der Waals surface area (Å²) in [6.45, 7) is 1.23. The number of anilines is 2. The molecule has 28 heavy (non-hydrogen) atoms. The van der Waals surface area contributed by atoms with Gasteiger partial charge in [-0.2, -0.15) is 0 Å². The highest BCUT2D eigenvalue weighted by atomic mass is 32.2. The number of nitrogens with zero attached hydrogens (tertiary/aromatic N) is 2. The lowest BCUT2D eigenvalue weighted by atomic mass is 10.2. The number of amides is 1. The second kappa shape index (κ2) is 8.52. The molecule has 0 radical (unpaired) electrons. The molecule has 0 aliphatic carbocycles. The largest absolute Gasteiger partial charge is 0.476 e. The van der Waals surface area contributed by atoms with Crippen LogP contribution in [-0.4, -0.2) is 53.4 Å². The molecule has 1 heterocycles. The smallest absolute Gasteiger partial charge is 0.263 e. The van der Waals surface area contributed by atoms with E-state index in [2.05, 4.69) is 10.2 Å². The molecule has 0 saturated carbocycles. The first kappa shape index (κ1) is 20.0. The quantitative estimate of drug-likeness (QED) is 0.714. The van der Waals surface area contributed by atoms with Crippen molar-refractivity contribution in [3.63, 3.8) is 0 Å². The van der Waals surface area contributed by atoms with E-state index in [1.54, 1.807) is 24.3 Å². The highest BCUT2D eigenvalue weighted by Gasteiger charge is 2.34. The van der Waals surface area contributed by atoms with Crippen molar-refractivity contribution in [3.05, 3.63) is 54.6 Å². The number of carbonyl (C=O) groups excluding carboxylic acids is 1. The fraction of sp³-hybridized carbons (Fsp3) is 0.350. The molecule has 1 N–H and O–H groups in total. The summed E-state index contributed by atoms with van der Waals surface area (Å²) >= 11 is 0. The van der Waals surface area contributed by atoms with Gasteiger partial charge < -0.3 is 15.0 Å². The van der Waals surface area contributed by atoms with Crippen LogP contribution in [0.5, 0.6) is 5.75 Å². The first-order valence-corrected chi connectivity index (χ1v) is 11.0. The van der Waals surface area contributed by atoms with Gasteiger partial charge in [-0.05, 0) is 30.7 Å². The van der Waals surface area contributed by atoms with Crippen LogP contribution in [0.1, 0.15) is 6.42 Å². The molecule has 0 bridgehead atoms. The Bertz CT molecular complexity index is 918. The monoisotopic (exact) mass is 403 g/mol. The SMILES string of the molecule is CN(CCCNC(=O)[C@H]1CN(S(C)(=O)=O)c2ccccc2O1)c1ccccc1. The lowest BCUT2D eigenvalue weighted by Gasteiger charge is -2.33. The molecular formula is C20H25N3O4S. The van der Waals surface area contributed by atoms with Crippen molar-refractivity contribution in [1.82, 2.24) is 5.32 Å². The number of hydrogen-bond donors (Lipinski definition) is 1. The molecule has 0 saturated heterocycles. The first-order valence-electron chi connectivity index (χ1n) is 9.13. The average Bonchev–Trinajstić information content (AvgIpc) is 2.70. The molecule has 0 spiro atoms. The topological polar surface area (TPSA) is 79.0 Å². The number of fused-ring (bicyclic) bond motifs is 1. The van der Waals surface area contributed by atoms with E-state index in [9.17, 15) is 13.2 Å². The molecule has 1 aliphatic heterocycles. The van der Waals surface area contributed by atoms with Crippen LogP contribution in [-0.2, 0) is 14.8 Å². The molecule has 150 valence electrons. The second-order valence-electron chi connectivity index (χ2n) is 6.77. The highest BCUT2D eigenvalue weighted by Crippen LogP contribution is 2.34. The second-order valence-corrected chi connectivity index (χ2v) is 8.68. The minimum Gasteiger partial charge on any atom is -0.476 e. The van der Waals surface area contributed by atoms with Gasteiger partial charge in [0.1, 0.15) is 5.75 Å². The van der Waals surface area contributed by atoms with Crippen molar-refractivity contribution in [2.75, 3.05) is 42.1 Å². The fourth-order valence-electron chi connectivity index (χ4n) is 3.11. The summed E-state index contributed by atoms with van der Waals surface area (Å²) in [5, 5.41) is 2.85. The lowest BCUT2D eigenvalue weighted by Crippen LogP contribution is -2.50. The van der Waals surface area contributed by atoms with Crippen LogP contribution in [0.3, 0.4) is 0 Å². The maximum atomic E-state index is 12.5. The zero-order valence-corrected chi connectivity index (χ0v) is 16.9. The average molecular weight is 404 g/mol. The third kappa shape index (κ3) is 4.75. The molecular weight excluding hydrogens is 378 g/mol. The Morgan fingerprint density at radius 3 is 2.57 bits per heavy atom. The van der Waals surface area contributed by atoms with Gasteiger partial charge in [0.25, 0.3) is 5.91 Å². The summed E-state index contributed by atoms with van der Waals surface area (Å²) in [5.74, 6) is 0.0775. The Morgan fingerprint density at radius 2 is 1.86 bits per heavy atom. The Labute approximate surface area is 166 Å². The summed E-state index contributed by atoms with van der Waals surface area (Å²) < 4.78 is 31.2. The van der Waals surface area contributed by atoms with Gasteiger partial charge in [0.05, 0.1) is 18.5 Å². The van der Waals surface area contributed by atoms with E-state index in [1.165, 1.54) is 4.31 Å². The van der Waals surface area contributed by atoms with Crippen molar-refractivity contribution in [1.29, 1.82) is 0 Å². The summed E-state index contributed by atoms with van der Waals surface area (Å²) in [6.07, 6.45) is 1.01. The molecule has 1 aliphatic rings. The molecule has 2 aromatic carbocycles. The van der Waals surface area contributed by atoms with Crippen LogP contribution < -0.4 is 19.3 Å². The van der Waals surface area contributed by atoms with E-state index in [0.29, 0.717) is 18.0 Å². The molecule has 7 nitrogen and oxygen atoms in total. The zero-order chi connectivity index (χ0) is 20.1. The lowest BCUT2D eigenvalue weighted by molar-refractivity contribution is -0.127. The Morgan fingerprint density at radius 1 is 1.18 bits per heavy atom. The van der Waals surface area contributed by atoms with E-state index >= 15 is 0 Å². The molecule has 0 fully saturated rings. The van der Waals surface area contributed by atoms with Crippen molar-refractivity contribution in [2.24, 2.45) is 0 Å². The van der Waals surface area contributed by atoms with Gasteiger partial charge in [-0.3, -0.25) is 9.10 Å². The fourth-order valence-corrected chi connectivity index (χ4v) is 4.02. The van der Waals surface area contributed by atoms with Crippen LogP contribution in [0.15, 0.2) is 54.6 Å². The zero-order valence-electron chi connectivity index (χ0n) is 16.0. The molecule has 8 heteroatoms. The predicted molar refractivity (Wildman–Crippen MR) is 110 cm³/mol. The normalized spacial score (nSPS) is 16.1. The Kier molecular flexibility index (Phi) is 6.08. The standard InChI is InChI=1S/C20H25N3O4S/c1-22(16-9-4-3-5-10-16)14-8-13-21-20(24)19-15-23(28(2,25)26)17-11-6-7-12-18(17)27-19/h3-7,9-12,19H,8,13-15H2,1-2H3,(H,21,24)/t19-/m1/s1. The van der Waals surface area contributed by atoms with E-state index < -0.39 is 16.1 Å². The molecule has 0 aromatic heterocycles. The van der Waals surface area contributed by atoms with Gasteiger partial charge in [-0.1, -0.05) is 30.3 Å². The number of hydrogen-bond acceptors (Lipinski definition) is 5. The van der Waals surface area contributed by atoms with E-state index in [4.69, 9.17) is 4.74 Å².